The lowest BCUT2D eigenvalue weighted by Gasteiger charge is -1.81. The fourth-order valence-electron chi connectivity index (χ4n) is 0.714. The van der Waals surface area contributed by atoms with Gasteiger partial charge in [-0.25, -0.2) is 9.97 Å². The minimum atomic E-state index is 0. The van der Waals surface area contributed by atoms with Crippen molar-refractivity contribution in [2.24, 2.45) is 0 Å². The first kappa shape index (κ1) is 7.11. The molecule has 0 saturated carbocycles. The van der Waals surface area contributed by atoms with Gasteiger partial charge in [0, 0.05) is 6.20 Å². The van der Waals surface area contributed by atoms with E-state index in [9.17, 15) is 0 Å². The van der Waals surface area contributed by atoms with Crippen LogP contribution in [0.5, 0.6) is 0 Å². The average Bonchev–Trinajstić information content (AvgIpc) is 2.33. The first-order valence-corrected chi connectivity index (χ1v) is 3.48. The van der Waals surface area contributed by atoms with E-state index in [-0.39, 0.29) is 6.15 Å². The topological polar surface area (TPSA) is 60.8 Å². The van der Waals surface area contributed by atoms with Gasteiger partial charge in [-0.2, -0.15) is 0 Å². The maximum Gasteiger partial charge on any atom is 0.116 e. The Kier molecular flexibility index (Phi) is 1.94. The van der Waals surface area contributed by atoms with E-state index in [1.54, 1.807) is 17.7 Å². The van der Waals surface area contributed by atoms with Crippen molar-refractivity contribution in [2.45, 2.75) is 0 Å². The molecule has 0 unspecified atom stereocenters. The van der Waals surface area contributed by atoms with Crippen LogP contribution in [0, 0.1) is 0 Å². The van der Waals surface area contributed by atoms with Crippen LogP contribution in [-0.2, 0) is 0 Å². The van der Waals surface area contributed by atoms with Crippen molar-refractivity contribution in [1.82, 2.24) is 16.1 Å². The molecule has 0 saturated heterocycles. The van der Waals surface area contributed by atoms with Crippen LogP contribution in [-0.4, -0.2) is 9.97 Å². The summed E-state index contributed by atoms with van der Waals surface area (Å²) in [5.41, 5.74) is 1.04. The Balaban J connectivity index is 0.000000500. The summed E-state index contributed by atoms with van der Waals surface area (Å²) < 4.78 is 1.15. The van der Waals surface area contributed by atoms with Gasteiger partial charge in [0.1, 0.15) is 6.33 Å². The Morgan fingerprint density at radius 1 is 1.40 bits per heavy atom. The second-order valence-electron chi connectivity index (χ2n) is 1.69. The predicted octanol–water partition coefficient (Wildman–Crippen LogP) is 1.85. The number of aromatic nitrogens is 2. The maximum atomic E-state index is 4.04. The lowest BCUT2D eigenvalue weighted by Crippen LogP contribution is -1.72. The zero-order valence-electron chi connectivity index (χ0n) is 5.32. The predicted molar refractivity (Wildman–Crippen MR) is 42.4 cm³/mol. The van der Waals surface area contributed by atoms with E-state index in [0.717, 1.165) is 10.2 Å². The Labute approximate surface area is 62.3 Å². The molecule has 2 aromatic heterocycles. The summed E-state index contributed by atoms with van der Waals surface area (Å²) >= 11 is 1.66. The summed E-state index contributed by atoms with van der Waals surface area (Å²) in [4.78, 5) is 7.92. The Morgan fingerprint density at radius 3 is 3.10 bits per heavy atom. The van der Waals surface area contributed by atoms with Crippen molar-refractivity contribution in [3.63, 3.8) is 0 Å². The molecule has 0 aliphatic carbocycles. The highest BCUT2D eigenvalue weighted by molar-refractivity contribution is 7.17. The van der Waals surface area contributed by atoms with Gasteiger partial charge in [-0.3, -0.25) is 0 Å². The maximum absolute atomic E-state index is 4.04. The van der Waals surface area contributed by atoms with Gasteiger partial charge in [0.25, 0.3) is 0 Å². The van der Waals surface area contributed by atoms with Gasteiger partial charge >= 0.3 is 0 Å². The van der Waals surface area contributed by atoms with E-state index >= 15 is 0 Å². The third-order valence-corrected chi connectivity index (χ3v) is 1.97. The molecule has 10 heavy (non-hydrogen) atoms. The number of hydrogen-bond donors (Lipinski definition) is 1. The molecule has 0 aliphatic rings. The normalized spacial score (nSPS) is 9.20. The molecular formula is C6H7N3S. The minimum Gasteiger partial charge on any atom is -0.344 e. The molecule has 0 fully saturated rings. The molecule has 3 nitrogen and oxygen atoms in total. The molecule has 52 valence electrons. The second-order valence-corrected chi connectivity index (χ2v) is 2.64. The highest BCUT2D eigenvalue weighted by Crippen LogP contribution is 2.15. The molecule has 0 bridgehead atoms. The number of thiophene rings is 1. The van der Waals surface area contributed by atoms with Crippen LogP contribution in [0.1, 0.15) is 0 Å². The van der Waals surface area contributed by atoms with Gasteiger partial charge in [0.15, 0.2) is 0 Å². The van der Waals surface area contributed by atoms with Crippen LogP contribution in [0.3, 0.4) is 0 Å². The Morgan fingerprint density at radius 2 is 2.30 bits per heavy atom. The van der Waals surface area contributed by atoms with Gasteiger partial charge in [0.05, 0.1) is 10.2 Å². The summed E-state index contributed by atoms with van der Waals surface area (Å²) in [7, 11) is 0. The zero-order chi connectivity index (χ0) is 6.10. The molecule has 0 aliphatic heterocycles. The summed E-state index contributed by atoms with van der Waals surface area (Å²) in [6.45, 7) is 0. The molecule has 0 spiro atoms. The van der Waals surface area contributed by atoms with E-state index in [1.165, 1.54) is 0 Å². The second kappa shape index (κ2) is 2.72. The SMILES string of the molecule is N.c1ncc2sccc2n1. The lowest BCUT2D eigenvalue weighted by molar-refractivity contribution is 1.23. The van der Waals surface area contributed by atoms with Crippen LogP contribution in [0.25, 0.3) is 10.2 Å². The van der Waals surface area contributed by atoms with Crippen LogP contribution < -0.4 is 6.15 Å². The molecule has 3 N–H and O–H groups in total. The van der Waals surface area contributed by atoms with Gasteiger partial charge in [-0.1, -0.05) is 0 Å². The van der Waals surface area contributed by atoms with Crippen molar-refractivity contribution in [3.8, 4) is 0 Å². The summed E-state index contributed by atoms with van der Waals surface area (Å²) in [5, 5.41) is 2.01. The van der Waals surface area contributed by atoms with Crippen LogP contribution in [0.15, 0.2) is 24.0 Å². The Hall–Kier alpha value is -1.00. The van der Waals surface area contributed by atoms with E-state index in [0.29, 0.717) is 0 Å². The molecule has 0 atom stereocenters. The molecule has 0 aromatic carbocycles. The highest BCUT2D eigenvalue weighted by atomic mass is 32.1. The van der Waals surface area contributed by atoms with Crippen molar-refractivity contribution in [2.75, 3.05) is 0 Å². The molecule has 2 heterocycles. The van der Waals surface area contributed by atoms with E-state index in [4.69, 9.17) is 0 Å². The number of rotatable bonds is 0. The van der Waals surface area contributed by atoms with Crippen molar-refractivity contribution >= 4 is 21.6 Å². The molecule has 0 radical (unpaired) electrons. The summed E-state index contributed by atoms with van der Waals surface area (Å²) in [5.74, 6) is 0. The average molecular weight is 153 g/mol. The first-order valence-electron chi connectivity index (χ1n) is 2.60. The van der Waals surface area contributed by atoms with Crippen LogP contribution in [0.4, 0.5) is 0 Å². The van der Waals surface area contributed by atoms with E-state index < -0.39 is 0 Å². The zero-order valence-corrected chi connectivity index (χ0v) is 6.14. The van der Waals surface area contributed by atoms with Crippen molar-refractivity contribution in [1.29, 1.82) is 0 Å². The fourth-order valence-corrected chi connectivity index (χ4v) is 1.42. The van der Waals surface area contributed by atoms with Gasteiger partial charge in [0.2, 0.25) is 0 Å². The monoisotopic (exact) mass is 153 g/mol. The van der Waals surface area contributed by atoms with Crippen molar-refractivity contribution < 1.29 is 0 Å². The summed E-state index contributed by atoms with van der Waals surface area (Å²) in [6.07, 6.45) is 3.39. The van der Waals surface area contributed by atoms with Gasteiger partial charge < -0.3 is 6.15 Å². The molecule has 2 rings (SSSR count). The van der Waals surface area contributed by atoms with Crippen molar-refractivity contribution in [3.05, 3.63) is 24.0 Å². The fraction of sp³-hybridized carbons (Fsp3) is 0. The quantitative estimate of drug-likeness (QED) is 0.628. The van der Waals surface area contributed by atoms with Crippen LogP contribution >= 0.6 is 11.3 Å². The molecule has 2 aromatic rings. The van der Waals surface area contributed by atoms with Crippen LogP contribution in [0.2, 0.25) is 0 Å². The number of fused-ring (bicyclic) bond motifs is 1. The highest BCUT2D eigenvalue weighted by Gasteiger charge is 1.90. The van der Waals surface area contributed by atoms with Gasteiger partial charge in [-0.05, 0) is 11.4 Å². The first-order chi connectivity index (χ1) is 4.47. The number of nitrogens with zero attached hydrogens (tertiary/aromatic N) is 2. The van der Waals surface area contributed by atoms with Gasteiger partial charge in [-0.15, -0.1) is 11.3 Å². The smallest absolute Gasteiger partial charge is 0.116 e. The lowest BCUT2D eigenvalue weighted by atomic mass is 10.5. The van der Waals surface area contributed by atoms with E-state index in [1.807, 2.05) is 17.6 Å². The third kappa shape index (κ3) is 0.984. The molecule has 4 heteroatoms. The molecular weight excluding hydrogens is 146 g/mol. The minimum absolute atomic E-state index is 0. The third-order valence-electron chi connectivity index (χ3n) is 1.13. The summed E-state index contributed by atoms with van der Waals surface area (Å²) in [6, 6.07) is 1.99. The van der Waals surface area contributed by atoms with E-state index in [2.05, 4.69) is 9.97 Å². The largest absolute Gasteiger partial charge is 0.344 e. The molecule has 0 amide bonds. The number of hydrogen-bond acceptors (Lipinski definition) is 4. The Bertz CT molecular complexity index is 287. The standard InChI is InChI=1S/C6H4N2S.H3N/c1-2-9-6-3-7-4-8-5(1)6;/h1-4H;1H3.